The molecule has 84 valence electrons. The van der Waals surface area contributed by atoms with Crippen LogP contribution in [0.4, 0.5) is 0 Å². The summed E-state index contributed by atoms with van der Waals surface area (Å²) in [6, 6.07) is 1.86. The van der Waals surface area contributed by atoms with Gasteiger partial charge in [-0.05, 0) is 12.0 Å². The first kappa shape index (κ1) is 11.8. The van der Waals surface area contributed by atoms with Crippen LogP contribution in [0.2, 0.25) is 0 Å². The third-order valence-corrected chi connectivity index (χ3v) is 2.87. The summed E-state index contributed by atoms with van der Waals surface area (Å²) in [7, 11) is -4.76. The van der Waals surface area contributed by atoms with Gasteiger partial charge in [-0.2, -0.15) is 0 Å². The van der Waals surface area contributed by atoms with Gasteiger partial charge in [0.15, 0.2) is 0 Å². The van der Waals surface area contributed by atoms with Crippen LogP contribution in [0.3, 0.4) is 0 Å². The summed E-state index contributed by atoms with van der Waals surface area (Å²) in [4.78, 5) is -0.801. The Balaban J connectivity index is 3.46. The number of rotatable bonds is 2. The predicted molar refractivity (Wildman–Crippen MR) is 51.8 cm³/mol. The van der Waals surface area contributed by atoms with E-state index in [0.717, 1.165) is 12.1 Å². The predicted octanol–water partition coefficient (Wildman–Crippen LogP) is 1.13. The van der Waals surface area contributed by atoms with Crippen LogP contribution in [0.15, 0.2) is 17.0 Å². The summed E-state index contributed by atoms with van der Waals surface area (Å²) >= 11 is 0. The SMILES string of the molecule is CC(C)c1cc(O)c(S(=O)(=O)[O-])cc1O. The minimum Gasteiger partial charge on any atom is -0.744 e. The largest absolute Gasteiger partial charge is 0.744 e. The molecule has 0 unspecified atom stereocenters. The quantitative estimate of drug-likeness (QED) is 0.587. The minimum absolute atomic E-state index is 0.0840. The topological polar surface area (TPSA) is 97.7 Å². The summed E-state index contributed by atoms with van der Waals surface area (Å²) in [5, 5.41) is 18.7. The lowest BCUT2D eigenvalue weighted by Crippen LogP contribution is -2.00. The average molecular weight is 231 g/mol. The highest BCUT2D eigenvalue weighted by atomic mass is 32.2. The van der Waals surface area contributed by atoms with Crippen molar-refractivity contribution in [3.63, 3.8) is 0 Å². The van der Waals surface area contributed by atoms with Crippen molar-refractivity contribution in [1.82, 2.24) is 0 Å². The van der Waals surface area contributed by atoms with E-state index in [1.165, 1.54) is 0 Å². The van der Waals surface area contributed by atoms with Gasteiger partial charge in [-0.15, -0.1) is 0 Å². The Morgan fingerprint density at radius 3 is 2.13 bits per heavy atom. The highest BCUT2D eigenvalue weighted by Gasteiger charge is 2.14. The van der Waals surface area contributed by atoms with Crippen molar-refractivity contribution in [1.29, 1.82) is 0 Å². The number of phenolic OH excluding ortho intramolecular Hbond substituents is 2. The molecule has 0 atom stereocenters. The Bertz CT molecular complexity index is 476. The molecule has 0 heterocycles. The number of benzene rings is 1. The van der Waals surface area contributed by atoms with Crippen molar-refractivity contribution in [3.05, 3.63) is 17.7 Å². The molecule has 1 rings (SSSR count). The van der Waals surface area contributed by atoms with E-state index < -0.39 is 20.8 Å². The monoisotopic (exact) mass is 231 g/mol. The molecule has 15 heavy (non-hydrogen) atoms. The highest BCUT2D eigenvalue weighted by Crippen LogP contribution is 2.34. The van der Waals surface area contributed by atoms with Crippen molar-refractivity contribution in [3.8, 4) is 11.5 Å². The minimum atomic E-state index is -4.76. The molecule has 0 saturated heterocycles. The van der Waals surface area contributed by atoms with Gasteiger partial charge in [-0.3, -0.25) is 0 Å². The van der Waals surface area contributed by atoms with Gasteiger partial charge in [0, 0.05) is 11.6 Å². The zero-order chi connectivity index (χ0) is 11.8. The lowest BCUT2D eigenvalue weighted by Gasteiger charge is -2.14. The molecule has 0 bridgehead atoms. The Morgan fingerprint density at radius 2 is 1.73 bits per heavy atom. The third-order valence-electron chi connectivity index (χ3n) is 2.00. The van der Waals surface area contributed by atoms with Crippen LogP contribution in [-0.4, -0.2) is 23.2 Å². The molecule has 1 aromatic carbocycles. The lowest BCUT2D eigenvalue weighted by molar-refractivity contribution is 0.423. The molecule has 0 aliphatic rings. The molecule has 0 fully saturated rings. The van der Waals surface area contributed by atoms with Gasteiger partial charge in [0.25, 0.3) is 0 Å². The zero-order valence-electron chi connectivity index (χ0n) is 8.26. The Hall–Kier alpha value is -1.27. The Labute approximate surface area is 87.7 Å². The molecule has 0 spiro atoms. The first-order valence-corrected chi connectivity index (χ1v) is 5.66. The standard InChI is InChI=1S/C9H12O5S/c1-5(2)6-3-8(11)9(4-7(6)10)15(12,13)14/h3-5,10-11H,1-2H3,(H,12,13,14)/p-1. The maximum absolute atomic E-state index is 10.7. The van der Waals surface area contributed by atoms with E-state index in [-0.39, 0.29) is 11.7 Å². The second-order valence-corrected chi connectivity index (χ2v) is 4.84. The van der Waals surface area contributed by atoms with Crippen LogP contribution >= 0.6 is 0 Å². The van der Waals surface area contributed by atoms with E-state index in [4.69, 9.17) is 0 Å². The smallest absolute Gasteiger partial charge is 0.133 e. The summed E-state index contributed by atoms with van der Waals surface area (Å²) in [6.45, 7) is 3.53. The molecule has 0 aromatic heterocycles. The van der Waals surface area contributed by atoms with Crippen LogP contribution in [0.5, 0.6) is 11.5 Å². The van der Waals surface area contributed by atoms with Gasteiger partial charge in [-0.25, -0.2) is 8.42 Å². The molecule has 0 amide bonds. The molecule has 0 aliphatic heterocycles. The number of aromatic hydroxyl groups is 2. The summed E-state index contributed by atoms with van der Waals surface area (Å²) in [5.41, 5.74) is 0.389. The molecule has 6 heteroatoms. The van der Waals surface area contributed by atoms with Crippen LogP contribution in [-0.2, 0) is 10.1 Å². The third kappa shape index (κ3) is 2.40. The van der Waals surface area contributed by atoms with Crippen molar-refractivity contribution in [2.24, 2.45) is 0 Å². The van der Waals surface area contributed by atoms with Gasteiger partial charge in [0.1, 0.15) is 21.6 Å². The maximum atomic E-state index is 10.7. The van der Waals surface area contributed by atoms with E-state index in [0.29, 0.717) is 5.56 Å². The first-order valence-electron chi connectivity index (χ1n) is 4.25. The fourth-order valence-corrected chi connectivity index (χ4v) is 1.81. The summed E-state index contributed by atoms with van der Waals surface area (Å²) in [6.07, 6.45) is 0. The number of hydrogen-bond donors (Lipinski definition) is 2. The van der Waals surface area contributed by atoms with Crippen molar-refractivity contribution < 1.29 is 23.2 Å². The van der Waals surface area contributed by atoms with Crippen LogP contribution in [0, 0.1) is 0 Å². The maximum Gasteiger partial charge on any atom is 0.133 e. The molecular formula is C9H11O5S-. The molecule has 1 aromatic rings. The second kappa shape index (κ2) is 3.71. The zero-order valence-corrected chi connectivity index (χ0v) is 9.08. The fourth-order valence-electron chi connectivity index (χ4n) is 1.24. The molecule has 5 nitrogen and oxygen atoms in total. The van der Waals surface area contributed by atoms with E-state index in [1.54, 1.807) is 13.8 Å². The van der Waals surface area contributed by atoms with Gasteiger partial charge in [-0.1, -0.05) is 13.8 Å². The van der Waals surface area contributed by atoms with Crippen molar-refractivity contribution in [2.75, 3.05) is 0 Å². The Kier molecular flexibility index (Phi) is 2.92. The van der Waals surface area contributed by atoms with E-state index in [1.807, 2.05) is 0 Å². The van der Waals surface area contributed by atoms with E-state index in [9.17, 15) is 23.2 Å². The van der Waals surface area contributed by atoms with Gasteiger partial charge in [0.05, 0.1) is 4.90 Å². The molecular weight excluding hydrogens is 220 g/mol. The lowest BCUT2D eigenvalue weighted by atomic mass is 10.0. The fraction of sp³-hybridized carbons (Fsp3) is 0.333. The number of phenols is 2. The number of hydrogen-bond acceptors (Lipinski definition) is 5. The van der Waals surface area contributed by atoms with Crippen LogP contribution in [0.25, 0.3) is 0 Å². The molecule has 0 saturated carbocycles. The highest BCUT2D eigenvalue weighted by molar-refractivity contribution is 7.85. The van der Waals surface area contributed by atoms with Gasteiger partial charge >= 0.3 is 0 Å². The summed E-state index contributed by atoms with van der Waals surface area (Å²) < 4.78 is 32.0. The van der Waals surface area contributed by atoms with Crippen LogP contribution in [0.1, 0.15) is 25.3 Å². The normalized spacial score (nSPS) is 12.0. The van der Waals surface area contributed by atoms with E-state index in [2.05, 4.69) is 0 Å². The molecule has 0 aliphatic carbocycles. The van der Waals surface area contributed by atoms with E-state index >= 15 is 0 Å². The van der Waals surface area contributed by atoms with Crippen molar-refractivity contribution >= 4 is 10.1 Å². The van der Waals surface area contributed by atoms with Gasteiger partial charge < -0.3 is 14.8 Å². The van der Waals surface area contributed by atoms with Gasteiger partial charge in [0.2, 0.25) is 0 Å². The summed E-state index contributed by atoms with van der Waals surface area (Å²) in [5.74, 6) is -1.02. The average Bonchev–Trinajstić information content (AvgIpc) is 2.06. The Morgan fingerprint density at radius 1 is 1.20 bits per heavy atom. The molecule has 2 N–H and O–H groups in total. The molecule has 0 radical (unpaired) electrons. The van der Waals surface area contributed by atoms with Crippen molar-refractivity contribution in [2.45, 2.75) is 24.7 Å². The first-order chi connectivity index (χ1) is 6.73. The van der Waals surface area contributed by atoms with Crippen LogP contribution < -0.4 is 0 Å². The second-order valence-electron chi connectivity index (χ2n) is 3.49.